The van der Waals surface area contributed by atoms with E-state index in [9.17, 15) is 9.18 Å². The smallest absolute Gasteiger partial charge is 0.230 e. The fraction of sp³-hybridized carbons (Fsp3) is 0.385. The number of halogens is 1. The van der Waals surface area contributed by atoms with Gasteiger partial charge >= 0.3 is 0 Å². The number of thiocarbonyl (C=S) groups is 1. The lowest BCUT2D eigenvalue weighted by atomic mass is 10.0. The monoisotopic (exact) mass is 268 g/mol. The highest BCUT2D eigenvalue weighted by atomic mass is 32.1. The van der Waals surface area contributed by atoms with Gasteiger partial charge < -0.3 is 11.1 Å². The van der Waals surface area contributed by atoms with Crippen molar-refractivity contribution in [2.45, 2.75) is 26.3 Å². The maximum Gasteiger partial charge on any atom is 0.230 e. The van der Waals surface area contributed by atoms with Crippen molar-refractivity contribution in [2.75, 3.05) is 0 Å². The highest BCUT2D eigenvalue weighted by Gasteiger charge is 2.21. The van der Waals surface area contributed by atoms with Crippen molar-refractivity contribution in [1.82, 2.24) is 5.32 Å². The topological polar surface area (TPSA) is 55.1 Å². The van der Waals surface area contributed by atoms with Crippen molar-refractivity contribution in [3.8, 4) is 0 Å². The van der Waals surface area contributed by atoms with Gasteiger partial charge in [0.05, 0.1) is 16.9 Å². The first-order chi connectivity index (χ1) is 8.45. The van der Waals surface area contributed by atoms with Crippen LogP contribution >= 0.6 is 12.2 Å². The molecule has 0 bridgehead atoms. The van der Waals surface area contributed by atoms with Crippen molar-refractivity contribution in [2.24, 2.45) is 11.7 Å². The van der Waals surface area contributed by atoms with Gasteiger partial charge in [-0.1, -0.05) is 31.3 Å². The normalized spacial score (nSPS) is 13.7. The number of nitrogens with one attached hydrogen (secondary N) is 1. The molecule has 3 N–H and O–H groups in total. The third kappa shape index (κ3) is 3.77. The molecule has 18 heavy (non-hydrogen) atoms. The van der Waals surface area contributed by atoms with Crippen LogP contribution in [0.3, 0.4) is 0 Å². The number of nitrogens with two attached hydrogens (primary N) is 1. The van der Waals surface area contributed by atoms with Crippen LogP contribution < -0.4 is 11.1 Å². The summed E-state index contributed by atoms with van der Waals surface area (Å²) in [6.45, 7) is 3.63. The summed E-state index contributed by atoms with van der Waals surface area (Å²) in [6.07, 6.45) is 0.553. The van der Waals surface area contributed by atoms with Crippen LogP contribution in [0.2, 0.25) is 0 Å². The second-order valence-corrected chi connectivity index (χ2v) is 4.62. The van der Waals surface area contributed by atoms with Crippen LogP contribution in [0.15, 0.2) is 24.3 Å². The zero-order valence-electron chi connectivity index (χ0n) is 10.4. The van der Waals surface area contributed by atoms with Crippen molar-refractivity contribution < 1.29 is 9.18 Å². The Balaban J connectivity index is 2.73. The van der Waals surface area contributed by atoms with Crippen molar-refractivity contribution >= 4 is 23.1 Å². The summed E-state index contributed by atoms with van der Waals surface area (Å²) in [6, 6.07) is 5.85. The van der Waals surface area contributed by atoms with Crippen LogP contribution in [0.4, 0.5) is 4.39 Å². The third-order valence-electron chi connectivity index (χ3n) is 2.78. The molecular weight excluding hydrogens is 251 g/mol. The van der Waals surface area contributed by atoms with E-state index in [1.54, 1.807) is 19.1 Å². The highest BCUT2D eigenvalue weighted by Crippen LogP contribution is 2.15. The fourth-order valence-corrected chi connectivity index (χ4v) is 1.96. The van der Waals surface area contributed by atoms with E-state index in [2.05, 4.69) is 5.32 Å². The van der Waals surface area contributed by atoms with E-state index in [-0.39, 0.29) is 22.8 Å². The number of benzene rings is 1. The molecule has 0 aliphatic rings. The molecule has 0 aromatic heterocycles. The molecule has 98 valence electrons. The van der Waals surface area contributed by atoms with E-state index in [4.69, 9.17) is 18.0 Å². The maximum absolute atomic E-state index is 13.1. The van der Waals surface area contributed by atoms with E-state index in [1.807, 2.05) is 6.92 Å². The van der Waals surface area contributed by atoms with Gasteiger partial charge in [-0.3, -0.25) is 4.79 Å². The molecule has 1 aromatic rings. The molecule has 0 aliphatic carbocycles. The van der Waals surface area contributed by atoms with E-state index in [1.165, 1.54) is 12.1 Å². The summed E-state index contributed by atoms with van der Waals surface area (Å²) in [4.78, 5) is 12.1. The molecule has 0 fully saturated rings. The lowest BCUT2D eigenvalue weighted by molar-refractivity contribution is -0.123. The Morgan fingerprint density at radius 3 is 2.72 bits per heavy atom. The lowest BCUT2D eigenvalue weighted by Crippen LogP contribution is -2.38. The SMILES string of the molecule is CCC(C(=O)NC(C)c1cccc(F)c1)C(N)=S. The van der Waals surface area contributed by atoms with Crippen LogP contribution in [0.25, 0.3) is 0 Å². The zero-order chi connectivity index (χ0) is 13.7. The van der Waals surface area contributed by atoms with Crippen LogP contribution in [0.5, 0.6) is 0 Å². The first kappa shape index (κ1) is 14.6. The Hall–Kier alpha value is -1.49. The Labute approximate surface area is 112 Å². The van der Waals surface area contributed by atoms with Crippen LogP contribution in [-0.2, 0) is 4.79 Å². The largest absolute Gasteiger partial charge is 0.393 e. The Kier molecular flexibility index (Phi) is 5.22. The molecule has 5 heteroatoms. The third-order valence-corrected chi connectivity index (χ3v) is 3.06. The molecule has 3 nitrogen and oxygen atoms in total. The number of hydrogen-bond donors (Lipinski definition) is 2. The molecule has 0 aliphatic heterocycles. The number of amides is 1. The molecule has 0 saturated heterocycles. The molecule has 2 unspecified atom stereocenters. The van der Waals surface area contributed by atoms with Gasteiger partial charge in [0, 0.05) is 0 Å². The summed E-state index contributed by atoms with van der Waals surface area (Å²) in [5, 5.41) is 2.78. The number of carbonyl (C=O) groups is 1. The van der Waals surface area contributed by atoms with Crippen molar-refractivity contribution in [1.29, 1.82) is 0 Å². The molecular formula is C13H17FN2OS. The average Bonchev–Trinajstić information content (AvgIpc) is 2.29. The maximum atomic E-state index is 13.1. The summed E-state index contributed by atoms with van der Waals surface area (Å²) in [5.41, 5.74) is 6.21. The van der Waals surface area contributed by atoms with Crippen LogP contribution in [-0.4, -0.2) is 10.9 Å². The van der Waals surface area contributed by atoms with Crippen molar-refractivity contribution in [3.05, 3.63) is 35.6 Å². The Morgan fingerprint density at radius 2 is 2.22 bits per heavy atom. The first-order valence-electron chi connectivity index (χ1n) is 5.80. The van der Waals surface area contributed by atoms with E-state index < -0.39 is 5.92 Å². The van der Waals surface area contributed by atoms with Gasteiger partial charge in [0.2, 0.25) is 5.91 Å². The summed E-state index contributed by atoms with van der Waals surface area (Å²) in [7, 11) is 0. The summed E-state index contributed by atoms with van der Waals surface area (Å²) < 4.78 is 13.1. The molecule has 0 spiro atoms. The minimum Gasteiger partial charge on any atom is -0.393 e. The van der Waals surface area contributed by atoms with Gasteiger partial charge in [-0.15, -0.1) is 0 Å². The van der Waals surface area contributed by atoms with Gasteiger partial charge in [-0.2, -0.15) is 0 Å². The highest BCUT2D eigenvalue weighted by molar-refractivity contribution is 7.80. The molecule has 0 radical (unpaired) electrons. The van der Waals surface area contributed by atoms with Gasteiger partial charge in [-0.05, 0) is 31.0 Å². The van der Waals surface area contributed by atoms with Crippen LogP contribution in [0.1, 0.15) is 31.9 Å². The average molecular weight is 268 g/mol. The number of hydrogen-bond acceptors (Lipinski definition) is 2. The minimum atomic E-state index is -0.476. The van der Waals surface area contributed by atoms with Gasteiger partial charge in [0.1, 0.15) is 5.82 Å². The second kappa shape index (κ2) is 6.44. The van der Waals surface area contributed by atoms with Gasteiger partial charge in [0.25, 0.3) is 0 Å². The summed E-state index contributed by atoms with van der Waals surface area (Å²) in [5.74, 6) is -1.02. The second-order valence-electron chi connectivity index (χ2n) is 4.15. The van der Waals surface area contributed by atoms with E-state index in [0.29, 0.717) is 12.0 Å². The molecule has 1 amide bonds. The zero-order valence-corrected chi connectivity index (χ0v) is 11.3. The molecule has 2 atom stereocenters. The van der Waals surface area contributed by atoms with Gasteiger partial charge in [-0.25, -0.2) is 4.39 Å². The Morgan fingerprint density at radius 1 is 1.56 bits per heavy atom. The first-order valence-corrected chi connectivity index (χ1v) is 6.21. The predicted octanol–water partition coefficient (Wildman–Crippen LogP) is 2.32. The standard InChI is InChI=1S/C13H17FN2OS/c1-3-11(12(15)18)13(17)16-8(2)9-5-4-6-10(14)7-9/h4-8,11H,3H2,1-2H3,(H2,15,18)(H,16,17). The predicted molar refractivity (Wildman–Crippen MR) is 73.5 cm³/mol. The van der Waals surface area contributed by atoms with Gasteiger partial charge in [0.15, 0.2) is 0 Å². The molecule has 1 rings (SSSR count). The molecule has 1 aromatic carbocycles. The lowest BCUT2D eigenvalue weighted by Gasteiger charge is -2.18. The minimum absolute atomic E-state index is 0.182. The fourth-order valence-electron chi connectivity index (χ4n) is 1.69. The Bertz CT molecular complexity index is 450. The number of rotatable bonds is 5. The molecule has 0 heterocycles. The molecule has 0 saturated carbocycles. The quantitative estimate of drug-likeness (QED) is 0.806. The summed E-state index contributed by atoms with van der Waals surface area (Å²) >= 11 is 4.84. The number of carbonyl (C=O) groups excluding carboxylic acids is 1. The van der Waals surface area contributed by atoms with Crippen molar-refractivity contribution in [3.63, 3.8) is 0 Å². The van der Waals surface area contributed by atoms with E-state index >= 15 is 0 Å². The van der Waals surface area contributed by atoms with Crippen LogP contribution in [0, 0.1) is 11.7 Å². The van der Waals surface area contributed by atoms with E-state index in [0.717, 1.165) is 0 Å².